The molecule has 1 aliphatic heterocycles. The van der Waals surface area contributed by atoms with Gasteiger partial charge in [0.1, 0.15) is 5.75 Å². The highest BCUT2D eigenvalue weighted by molar-refractivity contribution is 7.92. The number of benzene rings is 4. The summed E-state index contributed by atoms with van der Waals surface area (Å²) in [6.45, 7) is 0.379. The van der Waals surface area contributed by atoms with Gasteiger partial charge in [0.2, 0.25) is 0 Å². The van der Waals surface area contributed by atoms with Crippen molar-refractivity contribution in [2.24, 2.45) is 0 Å². The molecule has 7 nitrogen and oxygen atoms in total. The number of carbonyl (C=O) groups is 1. The van der Waals surface area contributed by atoms with Crippen molar-refractivity contribution in [3.8, 4) is 5.75 Å². The fraction of sp³-hybridized carbons (Fsp3) is 0.100. The van der Waals surface area contributed by atoms with E-state index in [0.717, 1.165) is 16.7 Å². The number of nitrogens with two attached hydrogens (primary N) is 1. The molecule has 0 atom stereocenters. The molecule has 38 heavy (non-hydrogen) atoms. The minimum absolute atomic E-state index is 0.219. The van der Waals surface area contributed by atoms with Crippen LogP contribution in [0.5, 0.6) is 5.75 Å². The number of hydrogen-bond acceptors (Lipinski definition) is 5. The molecule has 192 valence electrons. The van der Waals surface area contributed by atoms with Gasteiger partial charge in [-0.25, -0.2) is 8.42 Å². The molecule has 4 aromatic rings. The molecule has 5 rings (SSSR count). The maximum atomic E-state index is 13.5. The van der Waals surface area contributed by atoms with Gasteiger partial charge >= 0.3 is 0 Å². The van der Waals surface area contributed by atoms with E-state index in [0.29, 0.717) is 41.3 Å². The van der Waals surface area contributed by atoms with Crippen LogP contribution in [0, 0.1) is 0 Å². The first-order valence-electron chi connectivity index (χ1n) is 12.1. The Morgan fingerprint density at radius 1 is 0.921 bits per heavy atom. The van der Waals surface area contributed by atoms with Crippen molar-refractivity contribution >= 4 is 45.1 Å². The smallest absolute Gasteiger partial charge is 0.264 e. The molecule has 1 amide bonds. The normalized spacial score (nSPS) is 12.9. The molecular formula is C30H27N3O4S. The summed E-state index contributed by atoms with van der Waals surface area (Å²) in [5.74, 6) is 0.348. The summed E-state index contributed by atoms with van der Waals surface area (Å²) in [7, 11) is -2.19. The van der Waals surface area contributed by atoms with Crippen LogP contribution in [0.1, 0.15) is 27.0 Å². The molecule has 0 unspecified atom stereocenters. The van der Waals surface area contributed by atoms with Crippen LogP contribution in [0.15, 0.2) is 95.9 Å². The molecule has 1 aliphatic rings. The first-order chi connectivity index (χ1) is 18.4. The van der Waals surface area contributed by atoms with Crippen LogP contribution >= 0.6 is 0 Å². The highest BCUT2D eigenvalue weighted by Gasteiger charge is 2.32. The van der Waals surface area contributed by atoms with E-state index >= 15 is 0 Å². The number of nitrogens with one attached hydrogen (secondary N) is 1. The highest BCUT2D eigenvalue weighted by atomic mass is 32.2. The van der Waals surface area contributed by atoms with Crippen molar-refractivity contribution in [1.82, 2.24) is 0 Å². The molecule has 0 saturated heterocycles. The zero-order valence-corrected chi connectivity index (χ0v) is 21.6. The number of para-hydroxylation sites is 3. The third kappa shape index (κ3) is 4.99. The number of ether oxygens (including phenoxy) is 1. The van der Waals surface area contributed by atoms with Crippen molar-refractivity contribution in [3.63, 3.8) is 0 Å². The topological polar surface area (TPSA) is 102 Å². The molecule has 0 saturated carbocycles. The molecule has 0 radical (unpaired) electrons. The summed E-state index contributed by atoms with van der Waals surface area (Å²) in [5.41, 5.74) is 10.8. The van der Waals surface area contributed by atoms with E-state index in [1.807, 2.05) is 54.6 Å². The Labute approximate surface area is 222 Å². The lowest BCUT2D eigenvalue weighted by Gasteiger charge is -2.21. The Morgan fingerprint density at radius 2 is 1.66 bits per heavy atom. The molecular weight excluding hydrogens is 498 g/mol. The quantitative estimate of drug-likeness (QED) is 0.247. The number of rotatable bonds is 7. The number of amides is 1. The van der Waals surface area contributed by atoms with Crippen molar-refractivity contribution < 1.29 is 17.9 Å². The van der Waals surface area contributed by atoms with E-state index in [-0.39, 0.29) is 10.8 Å². The first-order valence-corrected chi connectivity index (χ1v) is 13.5. The van der Waals surface area contributed by atoms with E-state index in [1.54, 1.807) is 55.6 Å². The molecule has 3 N–H and O–H groups in total. The Balaban J connectivity index is 1.36. The molecule has 8 heteroatoms. The third-order valence-corrected chi connectivity index (χ3v) is 8.28. The van der Waals surface area contributed by atoms with Crippen molar-refractivity contribution in [3.05, 3.63) is 113 Å². The van der Waals surface area contributed by atoms with E-state index in [4.69, 9.17) is 10.5 Å². The van der Waals surface area contributed by atoms with Gasteiger partial charge in [-0.05, 0) is 71.6 Å². The van der Waals surface area contributed by atoms with Crippen LogP contribution in [0.3, 0.4) is 0 Å². The molecule has 4 aromatic carbocycles. The van der Waals surface area contributed by atoms with E-state index < -0.39 is 10.0 Å². The molecule has 0 aliphatic carbocycles. The lowest BCUT2D eigenvalue weighted by atomic mass is 10.1. The number of methoxy groups -OCH3 is 1. The van der Waals surface area contributed by atoms with Crippen molar-refractivity contribution in [2.45, 2.75) is 11.3 Å². The lowest BCUT2D eigenvalue weighted by molar-refractivity contribution is 0.102. The standard InChI is InChI=1S/C30H27N3O4S/c1-37-25-15-17-26(18-16-25)38(35,36)33-20-19-23-6-4-5-22(29(23)33)12-9-21-10-13-24(14-11-21)30(34)32-28-8-3-2-7-27(28)31/h2-18H,19-20,31H2,1H3,(H,32,34)/b12-9+. The van der Waals surface area contributed by atoms with E-state index in [9.17, 15) is 13.2 Å². The number of nitrogens with zero attached hydrogens (tertiary/aromatic N) is 1. The number of sulfonamides is 1. The van der Waals surface area contributed by atoms with Crippen LogP contribution in [-0.2, 0) is 16.4 Å². The lowest BCUT2D eigenvalue weighted by Crippen LogP contribution is -2.29. The average Bonchev–Trinajstić information content (AvgIpc) is 3.39. The van der Waals surface area contributed by atoms with Gasteiger partial charge in [-0.2, -0.15) is 0 Å². The van der Waals surface area contributed by atoms with Gasteiger partial charge < -0.3 is 15.8 Å². The Hall–Kier alpha value is -4.56. The maximum Gasteiger partial charge on any atom is 0.264 e. The number of nitrogen functional groups attached to an aromatic ring is 1. The number of carbonyl (C=O) groups excluding carboxylic acids is 1. The van der Waals surface area contributed by atoms with E-state index in [1.165, 1.54) is 4.31 Å². The monoisotopic (exact) mass is 525 g/mol. The number of anilines is 3. The van der Waals surface area contributed by atoms with Crippen LogP contribution in [0.25, 0.3) is 12.2 Å². The number of hydrogen-bond donors (Lipinski definition) is 2. The molecule has 0 aromatic heterocycles. The van der Waals surface area contributed by atoms with Crippen LogP contribution in [-0.4, -0.2) is 28.0 Å². The van der Waals surface area contributed by atoms with Crippen molar-refractivity contribution in [2.75, 3.05) is 29.0 Å². The van der Waals surface area contributed by atoms with Gasteiger partial charge in [0.15, 0.2) is 0 Å². The molecule has 0 bridgehead atoms. The SMILES string of the molecule is COc1ccc(S(=O)(=O)N2CCc3cccc(/C=C/c4ccc(C(=O)Nc5ccccc5N)cc4)c32)cc1. The average molecular weight is 526 g/mol. The Morgan fingerprint density at radius 3 is 2.37 bits per heavy atom. The van der Waals surface area contributed by atoms with Gasteiger partial charge in [-0.3, -0.25) is 9.10 Å². The van der Waals surface area contributed by atoms with Gasteiger partial charge in [-0.15, -0.1) is 0 Å². The second-order valence-corrected chi connectivity index (χ2v) is 10.7. The minimum Gasteiger partial charge on any atom is -0.497 e. The van der Waals surface area contributed by atoms with Gasteiger partial charge in [0.05, 0.1) is 29.1 Å². The zero-order valence-electron chi connectivity index (χ0n) is 20.8. The predicted molar refractivity (Wildman–Crippen MR) is 152 cm³/mol. The fourth-order valence-electron chi connectivity index (χ4n) is 4.44. The Bertz CT molecular complexity index is 1610. The largest absolute Gasteiger partial charge is 0.497 e. The first kappa shape index (κ1) is 25.1. The predicted octanol–water partition coefficient (Wildman–Crippen LogP) is 5.45. The minimum atomic E-state index is -3.74. The molecule has 1 heterocycles. The van der Waals surface area contributed by atoms with Crippen LogP contribution in [0.2, 0.25) is 0 Å². The van der Waals surface area contributed by atoms with Crippen molar-refractivity contribution in [1.29, 1.82) is 0 Å². The summed E-state index contributed by atoms with van der Waals surface area (Å²) in [4.78, 5) is 12.8. The van der Waals surface area contributed by atoms with Gasteiger partial charge in [-0.1, -0.05) is 54.6 Å². The summed E-state index contributed by atoms with van der Waals surface area (Å²) < 4.78 is 33.6. The highest BCUT2D eigenvalue weighted by Crippen LogP contribution is 2.37. The summed E-state index contributed by atoms with van der Waals surface area (Å²) in [6.07, 6.45) is 4.45. The van der Waals surface area contributed by atoms with Gasteiger partial charge in [0, 0.05) is 12.1 Å². The number of fused-ring (bicyclic) bond motifs is 1. The Kier molecular flexibility index (Phi) is 6.89. The summed E-state index contributed by atoms with van der Waals surface area (Å²) >= 11 is 0. The zero-order chi connectivity index (χ0) is 26.7. The van der Waals surface area contributed by atoms with Crippen LogP contribution < -0.4 is 20.1 Å². The summed E-state index contributed by atoms with van der Waals surface area (Å²) in [6, 6.07) is 26.5. The second-order valence-electron chi connectivity index (χ2n) is 8.85. The second kappa shape index (κ2) is 10.4. The fourth-order valence-corrected chi connectivity index (χ4v) is 5.97. The van der Waals surface area contributed by atoms with E-state index in [2.05, 4.69) is 5.32 Å². The third-order valence-electron chi connectivity index (χ3n) is 6.47. The molecule has 0 spiro atoms. The maximum absolute atomic E-state index is 13.5. The van der Waals surface area contributed by atoms with Crippen LogP contribution in [0.4, 0.5) is 17.1 Å². The molecule has 0 fully saturated rings. The summed E-state index contributed by atoms with van der Waals surface area (Å²) in [5, 5.41) is 2.82. The van der Waals surface area contributed by atoms with Gasteiger partial charge in [0.25, 0.3) is 15.9 Å².